The van der Waals surface area contributed by atoms with Crippen molar-refractivity contribution in [3.8, 4) is 0 Å². The average molecular weight is 194 g/mol. The van der Waals surface area contributed by atoms with Crippen LogP contribution in [0.3, 0.4) is 0 Å². The third-order valence-corrected chi connectivity index (χ3v) is 1.58. The Labute approximate surface area is 64.4 Å². The first-order valence-electron chi connectivity index (χ1n) is 2.94. The Balaban J connectivity index is 3.28. The molecule has 0 aliphatic rings. The lowest BCUT2D eigenvalue weighted by Gasteiger charge is -2.08. The Morgan fingerprint density at radius 2 is 2.11 bits per heavy atom. The number of alkyl halides is 1. The molecule has 0 aliphatic heterocycles. The third kappa shape index (κ3) is 4.45. The zero-order valence-electron chi connectivity index (χ0n) is 5.85. The Hall–Kier alpha value is -0.0500. The van der Waals surface area contributed by atoms with Crippen molar-refractivity contribution >= 4 is 21.8 Å². The maximum atomic E-state index is 10.8. The highest BCUT2D eigenvalue weighted by Crippen LogP contribution is 1.95. The number of amides is 1. The first kappa shape index (κ1) is 8.95. The maximum absolute atomic E-state index is 10.8. The van der Waals surface area contributed by atoms with Gasteiger partial charge in [0.15, 0.2) is 0 Å². The van der Waals surface area contributed by atoms with Crippen molar-refractivity contribution in [1.29, 1.82) is 0 Å². The van der Waals surface area contributed by atoms with Crippen LogP contribution < -0.4 is 0 Å². The Kier molecular flexibility index (Phi) is 4.77. The van der Waals surface area contributed by atoms with Gasteiger partial charge in [-0.3, -0.25) is 4.79 Å². The van der Waals surface area contributed by atoms with Crippen LogP contribution >= 0.6 is 15.9 Å². The fraction of sp³-hybridized carbons (Fsp3) is 0.833. The molecule has 0 atom stereocenters. The molecule has 1 amide bonds. The molecule has 0 aromatic carbocycles. The minimum Gasteiger partial charge on any atom is -0.349 e. The minimum atomic E-state index is 0.203. The second-order valence-electron chi connectivity index (χ2n) is 2.08. The van der Waals surface area contributed by atoms with Crippen LogP contribution in [0.2, 0.25) is 0 Å². The van der Waals surface area contributed by atoms with E-state index in [0.29, 0.717) is 6.42 Å². The van der Waals surface area contributed by atoms with Gasteiger partial charge in [-0.2, -0.15) is 0 Å². The largest absolute Gasteiger partial charge is 0.349 e. The Morgan fingerprint density at radius 1 is 1.56 bits per heavy atom. The summed E-state index contributed by atoms with van der Waals surface area (Å²) in [4.78, 5) is 12.4. The van der Waals surface area contributed by atoms with Gasteiger partial charge in [-0.25, -0.2) is 0 Å². The Bertz CT molecular complexity index is 93.1. The van der Waals surface area contributed by atoms with Gasteiger partial charge in [-0.15, -0.1) is 0 Å². The van der Waals surface area contributed by atoms with E-state index in [1.807, 2.05) is 0 Å². The number of carbonyl (C=O) groups excluding carboxylic acids is 1. The van der Waals surface area contributed by atoms with Gasteiger partial charge in [-0.05, 0) is 6.42 Å². The van der Waals surface area contributed by atoms with E-state index in [2.05, 4.69) is 15.9 Å². The minimum absolute atomic E-state index is 0.203. The first-order valence-corrected chi connectivity index (χ1v) is 4.06. The number of halogens is 1. The molecule has 9 heavy (non-hydrogen) atoms. The van der Waals surface area contributed by atoms with Crippen LogP contribution in [0.15, 0.2) is 0 Å². The highest BCUT2D eigenvalue weighted by molar-refractivity contribution is 9.09. The molecule has 0 saturated carbocycles. The number of nitrogens with zero attached hydrogens (tertiary/aromatic N) is 1. The lowest BCUT2D eigenvalue weighted by molar-refractivity contribution is -0.128. The average Bonchev–Trinajstić information content (AvgIpc) is 1.82. The van der Waals surface area contributed by atoms with Crippen LogP contribution in [0.5, 0.6) is 0 Å². The highest BCUT2D eigenvalue weighted by atomic mass is 79.9. The zero-order chi connectivity index (χ0) is 7.28. The topological polar surface area (TPSA) is 20.3 Å². The summed E-state index contributed by atoms with van der Waals surface area (Å²) in [7, 11) is 3.55. The Morgan fingerprint density at radius 3 is 2.44 bits per heavy atom. The third-order valence-electron chi connectivity index (χ3n) is 1.02. The first-order chi connectivity index (χ1) is 4.18. The van der Waals surface area contributed by atoms with Gasteiger partial charge in [-0.1, -0.05) is 15.9 Å². The molecule has 0 bridgehead atoms. The van der Waals surface area contributed by atoms with Crippen LogP contribution in [-0.4, -0.2) is 30.2 Å². The predicted octanol–water partition coefficient (Wildman–Crippen LogP) is 1.25. The molecular weight excluding hydrogens is 182 g/mol. The zero-order valence-corrected chi connectivity index (χ0v) is 7.44. The molecule has 0 aliphatic carbocycles. The van der Waals surface area contributed by atoms with Gasteiger partial charge in [0.2, 0.25) is 5.91 Å². The second kappa shape index (κ2) is 4.79. The van der Waals surface area contributed by atoms with Crippen LogP contribution in [-0.2, 0) is 4.79 Å². The van der Waals surface area contributed by atoms with Crippen molar-refractivity contribution in [2.45, 2.75) is 12.8 Å². The van der Waals surface area contributed by atoms with Crippen LogP contribution in [0.25, 0.3) is 0 Å². The van der Waals surface area contributed by atoms with Crippen LogP contribution in [0, 0.1) is 0 Å². The van der Waals surface area contributed by atoms with Gasteiger partial charge in [0.05, 0.1) is 0 Å². The monoisotopic (exact) mass is 193 g/mol. The molecule has 0 spiro atoms. The fourth-order valence-electron chi connectivity index (χ4n) is 0.442. The number of rotatable bonds is 3. The fourth-order valence-corrected chi connectivity index (χ4v) is 0.722. The van der Waals surface area contributed by atoms with E-state index in [1.165, 1.54) is 0 Å². The highest BCUT2D eigenvalue weighted by Gasteiger charge is 2.00. The molecule has 0 fully saturated rings. The van der Waals surface area contributed by atoms with E-state index >= 15 is 0 Å². The predicted molar refractivity (Wildman–Crippen MR) is 41.7 cm³/mol. The van der Waals surface area contributed by atoms with Gasteiger partial charge in [0, 0.05) is 25.8 Å². The number of carbonyl (C=O) groups is 1. The van der Waals surface area contributed by atoms with Gasteiger partial charge < -0.3 is 4.90 Å². The smallest absolute Gasteiger partial charge is 0.222 e. The molecule has 0 heterocycles. The summed E-state index contributed by atoms with van der Waals surface area (Å²) in [6.45, 7) is 0. The van der Waals surface area contributed by atoms with E-state index in [9.17, 15) is 4.79 Å². The summed E-state index contributed by atoms with van der Waals surface area (Å²) in [5.41, 5.74) is 0. The summed E-state index contributed by atoms with van der Waals surface area (Å²) in [5.74, 6) is 0.203. The van der Waals surface area contributed by atoms with Crippen LogP contribution in [0.1, 0.15) is 12.8 Å². The summed E-state index contributed by atoms with van der Waals surface area (Å²) in [5, 5.41) is 0.909. The van der Waals surface area contributed by atoms with Crippen LogP contribution in [0.4, 0.5) is 0 Å². The van der Waals surface area contributed by atoms with Crippen molar-refractivity contribution in [1.82, 2.24) is 4.90 Å². The molecular formula is C6H12BrNO. The van der Waals surface area contributed by atoms with E-state index in [1.54, 1.807) is 19.0 Å². The summed E-state index contributed by atoms with van der Waals surface area (Å²) < 4.78 is 0. The van der Waals surface area contributed by atoms with E-state index < -0.39 is 0 Å². The molecule has 2 nitrogen and oxygen atoms in total. The van der Waals surface area contributed by atoms with Gasteiger partial charge in [0.1, 0.15) is 0 Å². The van der Waals surface area contributed by atoms with Crippen molar-refractivity contribution < 1.29 is 4.79 Å². The van der Waals surface area contributed by atoms with E-state index in [-0.39, 0.29) is 5.91 Å². The van der Waals surface area contributed by atoms with Crippen molar-refractivity contribution in [2.75, 3.05) is 19.4 Å². The van der Waals surface area contributed by atoms with Crippen molar-refractivity contribution in [2.24, 2.45) is 0 Å². The molecule has 0 saturated heterocycles. The normalized spacial score (nSPS) is 9.22. The number of hydrogen-bond donors (Lipinski definition) is 0. The molecule has 54 valence electrons. The molecule has 0 N–H and O–H groups in total. The van der Waals surface area contributed by atoms with Gasteiger partial charge in [0.25, 0.3) is 0 Å². The summed E-state index contributed by atoms with van der Waals surface area (Å²) >= 11 is 3.26. The molecule has 0 radical (unpaired) electrons. The summed E-state index contributed by atoms with van der Waals surface area (Å²) in [6.07, 6.45) is 1.58. The van der Waals surface area contributed by atoms with E-state index in [4.69, 9.17) is 0 Å². The molecule has 0 rings (SSSR count). The number of hydrogen-bond acceptors (Lipinski definition) is 1. The molecule has 3 heteroatoms. The van der Waals surface area contributed by atoms with E-state index in [0.717, 1.165) is 11.8 Å². The molecule has 0 aromatic rings. The maximum Gasteiger partial charge on any atom is 0.222 e. The van der Waals surface area contributed by atoms with Crippen molar-refractivity contribution in [3.63, 3.8) is 0 Å². The standard InChI is InChI=1S/C6H12BrNO/c1-8(2)6(9)4-3-5-7/h3-5H2,1-2H3. The molecule has 0 aromatic heterocycles. The SMILES string of the molecule is CN(C)C(=O)CCCBr. The summed E-state index contributed by atoms with van der Waals surface area (Å²) in [6, 6.07) is 0. The lowest BCUT2D eigenvalue weighted by Crippen LogP contribution is -2.21. The van der Waals surface area contributed by atoms with Gasteiger partial charge >= 0.3 is 0 Å². The lowest BCUT2D eigenvalue weighted by atomic mass is 10.3. The quantitative estimate of drug-likeness (QED) is 0.619. The second-order valence-corrected chi connectivity index (χ2v) is 2.87. The van der Waals surface area contributed by atoms with Crippen molar-refractivity contribution in [3.05, 3.63) is 0 Å². The molecule has 0 unspecified atom stereocenters.